The van der Waals surface area contributed by atoms with Crippen LogP contribution in [0.1, 0.15) is 32.5 Å². The zero-order chi connectivity index (χ0) is 19.1. The quantitative estimate of drug-likeness (QED) is 0.205. The SMILES string of the molecule is CCOC(=O)c1c2c(C(=O)c3ccc(Cl)cc3)sc([S-])c2n2ccccc12.[K+]. The molecule has 0 saturated carbocycles. The molecule has 0 N–H and O–H groups in total. The Kier molecular flexibility index (Phi) is 6.99. The first kappa shape index (κ1) is 21.9. The number of ketones is 1. The number of ether oxygens (including phenoxy) is 1. The molecule has 0 aliphatic rings. The maximum absolute atomic E-state index is 13.2. The van der Waals surface area contributed by atoms with Crippen LogP contribution in [0.3, 0.4) is 0 Å². The smallest absolute Gasteiger partial charge is 0.462 e. The maximum Gasteiger partial charge on any atom is 1.00 e. The van der Waals surface area contributed by atoms with Gasteiger partial charge in [-0.05, 0) is 48.2 Å². The summed E-state index contributed by atoms with van der Waals surface area (Å²) in [6.45, 7) is 2.00. The van der Waals surface area contributed by atoms with E-state index in [0.29, 0.717) is 41.7 Å². The fourth-order valence-corrected chi connectivity index (χ4v) is 4.69. The number of thiophene rings is 1. The number of hydrogen-bond donors (Lipinski definition) is 0. The summed E-state index contributed by atoms with van der Waals surface area (Å²) in [5.41, 5.74) is 2.22. The Bertz CT molecular complexity index is 1200. The van der Waals surface area contributed by atoms with Crippen molar-refractivity contribution in [3.05, 3.63) is 69.7 Å². The molecule has 4 rings (SSSR count). The molecule has 0 spiro atoms. The number of aromatic nitrogens is 1. The van der Waals surface area contributed by atoms with E-state index in [4.69, 9.17) is 29.0 Å². The summed E-state index contributed by atoms with van der Waals surface area (Å²) in [6.07, 6.45) is 1.83. The molecule has 0 unspecified atom stereocenters. The summed E-state index contributed by atoms with van der Waals surface area (Å²) in [6, 6.07) is 12.2. The van der Waals surface area contributed by atoms with Gasteiger partial charge in [-0.3, -0.25) is 4.79 Å². The Morgan fingerprint density at radius 3 is 2.57 bits per heavy atom. The minimum absolute atomic E-state index is 0. The fourth-order valence-electron chi connectivity index (χ4n) is 3.12. The van der Waals surface area contributed by atoms with Crippen molar-refractivity contribution in [2.45, 2.75) is 11.1 Å². The molecule has 3 aromatic heterocycles. The number of carbonyl (C=O) groups is 2. The third-order valence-corrected chi connectivity index (χ3v) is 5.92. The van der Waals surface area contributed by atoms with E-state index in [0.717, 1.165) is 0 Å². The van der Waals surface area contributed by atoms with E-state index in [1.165, 1.54) is 11.3 Å². The summed E-state index contributed by atoms with van der Waals surface area (Å²) in [5.74, 6) is -0.659. The van der Waals surface area contributed by atoms with Crippen molar-refractivity contribution in [1.82, 2.24) is 4.40 Å². The van der Waals surface area contributed by atoms with Crippen LogP contribution in [0.4, 0.5) is 0 Å². The second-order valence-corrected chi connectivity index (χ2v) is 7.95. The predicted molar refractivity (Wildman–Crippen MR) is 109 cm³/mol. The second kappa shape index (κ2) is 8.93. The molecule has 0 saturated heterocycles. The third kappa shape index (κ3) is 3.70. The first-order valence-corrected chi connectivity index (χ1v) is 9.83. The number of fused-ring (bicyclic) bond motifs is 3. The van der Waals surface area contributed by atoms with E-state index < -0.39 is 5.97 Å². The average Bonchev–Trinajstić information content (AvgIpc) is 3.17. The normalized spacial score (nSPS) is 10.8. The molecular formula is C20H13ClKNO3S2. The van der Waals surface area contributed by atoms with Gasteiger partial charge < -0.3 is 33.1 Å². The van der Waals surface area contributed by atoms with Crippen LogP contribution < -0.4 is 51.4 Å². The molecule has 28 heavy (non-hydrogen) atoms. The van der Waals surface area contributed by atoms with Gasteiger partial charge in [-0.25, -0.2) is 4.79 Å². The van der Waals surface area contributed by atoms with Crippen molar-refractivity contribution in [3.63, 3.8) is 0 Å². The van der Waals surface area contributed by atoms with Gasteiger partial charge in [-0.15, -0.1) is 0 Å². The monoisotopic (exact) mass is 453 g/mol. The summed E-state index contributed by atoms with van der Waals surface area (Å²) in [7, 11) is 0. The van der Waals surface area contributed by atoms with Crippen LogP contribution in [0.15, 0.2) is 52.9 Å². The van der Waals surface area contributed by atoms with Crippen LogP contribution in [-0.2, 0) is 17.4 Å². The molecule has 0 fully saturated rings. The van der Waals surface area contributed by atoms with E-state index in [9.17, 15) is 9.59 Å². The van der Waals surface area contributed by atoms with Crippen LogP contribution in [0, 0.1) is 0 Å². The van der Waals surface area contributed by atoms with Crippen molar-refractivity contribution in [1.29, 1.82) is 0 Å². The zero-order valence-corrected chi connectivity index (χ0v) is 20.7. The van der Waals surface area contributed by atoms with Crippen LogP contribution in [0.25, 0.3) is 16.4 Å². The predicted octanol–water partition coefficient (Wildman–Crippen LogP) is 2.12. The molecule has 4 nitrogen and oxygen atoms in total. The molecule has 0 bridgehead atoms. The first-order valence-electron chi connectivity index (χ1n) is 8.22. The Morgan fingerprint density at radius 1 is 1.18 bits per heavy atom. The van der Waals surface area contributed by atoms with Crippen molar-refractivity contribution in [2.75, 3.05) is 6.61 Å². The summed E-state index contributed by atoms with van der Waals surface area (Å²) in [4.78, 5) is 26.3. The molecular weight excluding hydrogens is 441 g/mol. The molecule has 8 heteroatoms. The Balaban J connectivity index is 0.00000225. The van der Waals surface area contributed by atoms with Gasteiger partial charge in [0.05, 0.1) is 17.7 Å². The molecule has 136 valence electrons. The van der Waals surface area contributed by atoms with Gasteiger partial charge in [0, 0.05) is 27.7 Å². The molecule has 1 aromatic carbocycles. The average molecular weight is 454 g/mol. The van der Waals surface area contributed by atoms with Gasteiger partial charge in [-0.2, -0.15) is 0 Å². The Labute approximate surface area is 218 Å². The van der Waals surface area contributed by atoms with Crippen LogP contribution in [0.5, 0.6) is 0 Å². The van der Waals surface area contributed by atoms with Gasteiger partial charge in [0.1, 0.15) is 0 Å². The Morgan fingerprint density at radius 2 is 1.89 bits per heavy atom. The number of rotatable bonds is 4. The standard InChI is InChI=1S/C20H14ClNO3S2.K/c1-2-25-19(24)14-13-5-3-4-10-22(13)16-15(14)18(27-20(16)26)17(23)11-6-8-12(21)9-7-11;/h3-10,26H,2H2,1H3;/q;+1/p-1. The van der Waals surface area contributed by atoms with Crippen molar-refractivity contribution >= 4 is 63.7 Å². The van der Waals surface area contributed by atoms with Crippen LogP contribution in [0.2, 0.25) is 5.02 Å². The van der Waals surface area contributed by atoms with Crippen LogP contribution >= 0.6 is 22.9 Å². The second-order valence-electron chi connectivity index (χ2n) is 5.83. The van der Waals surface area contributed by atoms with E-state index in [1.807, 2.05) is 28.8 Å². The summed E-state index contributed by atoms with van der Waals surface area (Å²) < 4.78 is 7.66. The fraction of sp³-hybridized carbons (Fsp3) is 0.100. The minimum atomic E-state index is -0.464. The minimum Gasteiger partial charge on any atom is -0.462 e. The molecule has 0 aliphatic heterocycles. The van der Waals surface area contributed by atoms with Crippen molar-refractivity contribution < 1.29 is 65.7 Å². The molecule has 0 amide bonds. The topological polar surface area (TPSA) is 47.8 Å². The molecule has 0 atom stereocenters. The van der Waals surface area contributed by atoms with Crippen molar-refractivity contribution in [2.24, 2.45) is 0 Å². The first-order chi connectivity index (χ1) is 13.0. The largest absolute Gasteiger partial charge is 1.00 e. The molecule has 0 radical (unpaired) electrons. The third-order valence-electron chi connectivity index (χ3n) is 4.25. The summed E-state index contributed by atoms with van der Waals surface area (Å²) in [5, 5.41) is 1.10. The van der Waals surface area contributed by atoms with E-state index in [-0.39, 0.29) is 63.8 Å². The number of benzene rings is 1. The number of esters is 1. The van der Waals surface area contributed by atoms with E-state index in [2.05, 4.69) is 0 Å². The number of pyridine rings is 1. The van der Waals surface area contributed by atoms with Crippen molar-refractivity contribution in [3.8, 4) is 0 Å². The number of hydrogen-bond acceptors (Lipinski definition) is 5. The molecule has 4 aromatic rings. The van der Waals surface area contributed by atoms with Gasteiger partial charge in [0.25, 0.3) is 0 Å². The number of carbonyl (C=O) groups excluding carboxylic acids is 2. The van der Waals surface area contributed by atoms with Gasteiger partial charge in [0.15, 0.2) is 5.78 Å². The number of nitrogens with zero attached hydrogens (tertiary/aromatic N) is 1. The molecule has 3 heterocycles. The Hall–Kier alpha value is -0.774. The maximum atomic E-state index is 13.2. The van der Waals surface area contributed by atoms with Crippen LogP contribution in [-0.4, -0.2) is 22.8 Å². The van der Waals surface area contributed by atoms with Gasteiger partial charge >= 0.3 is 57.4 Å². The number of halogens is 1. The molecule has 0 aliphatic carbocycles. The van der Waals surface area contributed by atoms with Gasteiger partial charge in [0.2, 0.25) is 0 Å². The van der Waals surface area contributed by atoms with E-state index in [1.54, 1.807) is 31.2 Å². The zero-order valence-electron chi connectivity index (χ0n) is 15.2. The summed E-state index contributed by atoms with van der Waals surface area (Å²) >= 11 is 12.7. The van der Waals surface area contributed by atoms with E-state index >= 15 is 0 Å². The van der Waals surface area contributed by atoms with Gasteiger partial charge in [-0.1, -0.05) is 21.9 Å².